The van der Waals surface area contributed by atoms with Crippen LogP contribution in [0.1, 0.15) is 19.4 Å². The summed E-state index contributed by atoms with van der Waals surface area (Å²) in [5.74, 6) is 2.26. The second-order valence-corrected chi connectivity index (χ2v) is 6.60. The summed E-state index contributed by atoms with van der Waals surface area (Å²) < 4.78 is 5.40. The highest BCUT2D eigenvalue weighted by Crippen LogP contribution is 2.21. The maximum Gasteiger partial charge on any atom is 0.224 e. The molecule has 0 aliphatic rings. The lowest BCUT2D eigenvalue weighted by Crippen LogP contribution is -2.21. The third kappa shape index (κ3) is 5.60. The molecule has 2 N–H and O–H groups in total. The standard InChI is InChI=1S/C23H29N5O/c1-4-28(5-2)20-12-10-19(11-13-20)26-22-15-17-25-23(27-22)24-16-14-18-8-6-7-9-21(18)29-3/h6-13,15,17H,4-5,14,16H2,1-3H3,(H2,24,25,26,27). The van der Waals surface area contributed by atoms with Crippen molar-refractivity contribution in [1.82, 2.24) is 9.97 Å². The van der Waals surface area contributed by atoms with E-state index in [2.05, 4.69) is 69.7 Å². The molecule has 0 aliphatic heterocycles. The molecule has 1 heterocycles. The molecule has 0 spiro atoms. The molecule has 29 heavy (non-hydrogen) atoms. The van der Waals surface area contributed by atoms with Crippen LogP contribution in [-0.4, -0.2) is 36.7 Å². The molecule has 0 bridgehead atoms. The van der Waals surface area contributed by atoms with Gasteiger partial charge in [0.25, 0.3) is 0 Å². The molecular formula is C23H29N5O. The van der Waals surface area contributed by atoms with Gasteiger partial charge in [0.2, 0.25) is 5.95 Å². The van der Waals surface area contributed by atoms with Crippen molar-refractivity contribution in [2.75, 3.05) is 42.3 Å². The van der Waals surface area contributed by atoms with E-state index >= 15 is 0 Å². The smallest absolute Gasteiger partial charge is 0.224 e. The number of nitrogens with one attached hydrogen (secondary N) is 2. The number of benzene rings is 2. The Bertz CT molecular complexity index is 894. The lowest BCUT2D eigenvalue weighted by Gasteiger charge is -2.21. The Balaban J connectivity index is 1.58. The van der Waals surface area contributed by atoms with Crippen molar-refractivity contribution in [3.63, 3.8) is 0 Å². The molecule has 0 aliphatic carbocycles. The van der Waals surface area contributed by atoms with Crippen molar-refractivity contribution in [2.24, 2.45) is 0 Å². The summed E-state index contributed by atoms with van der Waals surface area (Å²) in [7, 11) is 1.69. The van der Waals surface area contributed by atoms with Crippen LogP contribution in [0.3, 0.4) is 0 Å². The molecule has 0 saturated heterocycles. The van der Waals surface area contributed by atoms with Gasteiger partial charge in [-0.25, -0.2) is 4.98 Å². The topological polar surface area (TPSA) is 62.3 Å². The van der Waals surface area contributed by atoms with E-state index in [0.717, 1.165) is 48.9 Å². The summed E-state index contributed by atoms with van der Waals surface area (Å²) in [6.07, 6.45) is 2.59. The minimum atomic E-state index is 0.602. The minimum Gasteiger partial charge on any atom is -0.496 e. The van der Waals surface area contributed by atoms with Crippen LogP contribution in [-0.2, 0) is 6.42 Å². The second-order valence-electron chi connectivity index (χ2n) is 6.60. The van der Waals surface area contributed by atoms with E-state index in [-0.39, 0.29) is 0 Å². The number of aromatic nitrogens is 2. The maximum atomic E-state index is 5.40. The maximum absolute atomic E-state index is 5.40. The Kier molecular flexibility index (Phi) is 7.28. The van der Waals surface area contributed by atoms with Gasteiger partial charge in [-0.15, -0.1) is 0 Å². The Hall–Kier alpha value is -3.28. The zero-order chi connectivity index (χ0) is 20.5. The fourth-order valence-electron chi connectivity index (χ4n) is 3.22. The number of ether oxygens (including phenoxy) is 1. The van der Waals surface area contributed by atoms with Crippen molar-refractivity contribution in [3.05, 3.63) is 66.4 Å². The molecule has 0 atom stereocenters. The summed E-state index contributed by atoms with van der Waals surface area (Å²) >= 11 is 0. The van der Waals surface area contributed by atoms with Crippen molar-refractivity contribution in [1.29, 1.82) is 0 Å². The number of anilines is 4. The van der Waals surface area contributed by atoms with E-state index in [9.17, 15) is 0 Å². The fraction of sp³-hybridized carbons (Fsp3) is 0.304. The summed E-state index contributed by atoms with van der Waals surface area (Å²) in [5, 5.41) is 6.63. The summed E-state index contributed by atoms with van der Waals surface area (Å²) in [5.41, 5.74) is 3.38. The van der Waals surface area contributed by atoms with Gasteiger partial charge >= 0.3 is 0 Å². The Morgan fingerprint density at radius 2 is 1.72 bits per heavy atom. The Morgan fingerprint density at radius 1 is 0.966 bits per heavy atom. The number of hydrogen-bond acceptors (Lipinski definition) is 6. The molecule has 0 unspecified atom stereocenters. The van der Waals surface area contributed by atoms with Gasteiger partial charge in [-0.3, -0.25) is 0 Å². The van der Waals surface area contributed by atoms with Crippen LogP contribution in [0.2, 0.25) is 0 Å². The molecule has 3 rings (SSSR count). The van der Waals surface area contributed by atoms with Gasteiger partial charge in [-0.1, -0.05) is 18.2 Å². The first-order chi connectivity index (χ1) is 14.2. The first-order valence-electron chi connectivity index (χ1n) is 10.0. The number of nitrogens with zero attached hydrogens (tertiary/aromatic N) is 3. The van der Waals surface area contributed by atoms with Crippen molar-refractivity contribution in [2.45, 2.75) is 20.3 Å². The van der Waals surface area contributed by atoms with Crippen LogP contribution in [0.4, 0.5) is 23.1 Å². The quantitative estimate of drug-likeness (QED) is 0.521. The zero-order valence-electron chi connectivity index (χ0n) is 17.4. The molecule has 6 heteroatoms. The summed E-state index contributed by atoms with van der Waals surface area (Å²) in [4.78, 5) is 11.2. The lowest BCUT2D eigenvalue weighted by molar-refractivity contribution is 0.410. The van der Waals surface area contributed by atoms with Crippen LogP contribution >= 0.6 is 0 Å². The monoisotopic (exact) mass is 391 g/mol. The van der Waals surface area contributed by atoms with Crippen LogP contribution in [0.25, 0.3) is 0 Å². The third-order valence-corrected chi connectivity index (χ3v) is 4.79. The Labute approximate surface area is 173 Å². The molecule has 6 nitrogen and oxygen atoms in total. The lowest BCUT2D eigenvalue weighted by atomic mass is 10.1. The van der Waals surface area contributed by atoms with Gasteiger partial charge < -0.3 is 20.3 Å². The average Bonchev–Trinajstić information content (AvgIpc) is 2.76. The van der Waals surface area contributed by atoms with Crippen LogP contribution in [0, 0.1) is 0 Å². The van der Waals surface area contributed by atoms with Gasteiger partial charge in [-0.2, -0.15) is 4.98 Å². The first kappa shape index (κ1) is 20.5. The van der Waals surface area contributed by atoms with E-state index in [4.69, 9.17) is 4.74 Å². The molecular weight excluding hydrogens is 362 g/mol. The molecule has 3 aromatic rings. The zero-order valence-corrected chi connectivity index (χ0v) is 17.4. The van der Waals surface area contributed by atoms with Crippen molar-refractivity contribution < 1.29 is 4.74 Å². The summed E-state index contributed by atoms with van der Waals surface area (Å²) in [6, 6.07) is 18.3. The molecule has 0 fully saturated rings. The van der Waals surface area contributed by atoms with Crippen molar-refractivity contribution in [3.8, 4) is 5.75 Å². The predicted octanol–water partition coefficient (Wildman–Crippen LogP) is 4.73. The Morgan fingerprint density at radius 3 is 2.45 bits per heavy atom. The van der Waals surface area contributed by atoms with E-state index in [1.54, 1.807) is 13.3 Å². The van der Waals surface area contributed by atoms with Crippen LogP contribution in [0.15, 0.2) is 60.8 Å². The number of methoxy groups -OCH3 is 1. The number of para-hydroxylation sites is 1. The van der Waals surface area contributed by atoms with Gasteiger partial charge in [0.05, 0.1) is 7.11 Å². The predicted molar refractivity (Wildman–Crippen MR) is 121 cm³/mol. The average molecular weight is 392 g/mol. The molecule has 0 saturated carbocycles. The first-order valence-corrected chi connectivity index (χ1v) is 10.0. The van der Waals surface area contributed by atoms with E-state index in [1.807, 2.05) is 24.3 Å². The molecule has 1 aromatic heterocycles. The van der Waals surface area contributed by atoms with Gasteiger partial charge in [0.1, 0.15) is 11.6 Å². The fourth-order valence-corrected chi connectivity index (χ4v) is 3.22. The number of rotatable bonds is 10. The SMILES string of the molecule is CCN(CC)c1ccc(Nc2ccnc(NCCc3ccccc3OC)n2)cc1. The number of hydrogen-bond donors (Lipinski definition) is 2. The third-order valence-electron chi connectivity index (χ3n) is 4.79. The van der Waals surface area contributed by atoms with Crippen molar-refractivity contribution >= 4 is 23.1 Å². The minimum absolute atomic E-state index is 0.602. The highest BCUT2D eigenvalue weighted by molar-refractivity contribution is 5.61. The van der Waals surface area contributed by atoms with Gasteiger partial charge in [0.15, 0.2) is 0 Å². The normalized spacial score (nSPS) is 10.4. The molecule has 2 aromatic carbocycles. The van der Waals surface area contributed by atoms with Gasteiger partial charge in [0, 0.05) is 37.2 Å². The van der Waals surface area contributed by atoms with E-state index in [0.29, 0.717) is 5.95 Å². The van der Waals surface area contributed by atoms with Gasteiger partial charge in [-0.05, 0) is 62.2 Å². The van der Waals surface area contributed by atoms with E-state index < -0.39 is 0 Å². The highest BCUT2D eigenvalue weighted by Gasteiger charge is 2.05. The molecule has 152 valence electrons. The van der Waals surface area contributed by atoms with Crippen LogP contribution < -0.4 is 20.3 Å². The highest BCUT2D eigenvalue weighted by atomic mass is 16.5. The second kappa shape index (κ2) is 10.3. The summed E-state index contributed by atoms with van der Waals surface area (Å²) in [6.45, 7) is 7.05. The van der Waals surface area contributed by atoms with Crippen LogP contribution in [0.5, 0.6) is 5.75 Å². The molecule has 0 amide bonds. The van der Waals surface area contributed by atoms with E-state index in [1.165, 1.54) is 5.69 Å². The largest absolute Gasteiger partial charge is 0.496 e. The molecule has 0 radical (unpaired) electrons.